The number of hydrogen-bond acceptors (Lipinski definition) is 3. The monoisotopic (exact) mass is 381 g/mol. The smallest absolute Gasteiger partial charge is 0.416 e. The van der Waals surface area contributed by atoms with Crippen LogP contribution < -0.4 is 9.64 Å². The van der Waals surface area contributed by atoms with Crippen LogP contribution in [0.25, 0.3) is 0 Å². The van der Waals surface area contributed by atoms with Crippen molar-refractivity contribution in [1.82, 2.24) is 0 Å². The number of halogens is 4. The van der Waals surface area contributed by atoms with E-state index in [1.807, 2.05) is 0 Å². The Morgan fingerprint density at radius 3 is 2.33 bits per heavy atom. The number of amides is 2. The van der Waals surface area contributed by atoms with Gasteiger partial charge in [-0.3, -0.25) is 9.59 Å². The van der Waals surface area contributed by atoms with Crippen molar-refractivity contribution < 1.29 is 31.9 Å². The Balaban J connectivity index is 2.33. The van der Waals surface area contributed by atoms with Crippen molar-refractivity contribution in [1.29, 1.82) is 0 Å². The second kappa shape index (κ2) is 6.07. The number of carbonyl (C=O) groups excluding carboxylic acids is 2. The minimum atomic E-state index is -4.71. The molecule has 142 valence electrons. The number of ether oxygens (including phenoxy) is 1. The number of benzene rings is 2. The minimum absolute atomic E-state index is 0.0488. The van der Waals surface area contributed by atoms with Crippen LogP contribution in [0.3, 0.4) is 0 Å². The van der Waals surface area contributed by atoms with Crippen molar-refractivity contribution in [3.63, 3.8) is 0 Å². The van der Waals surface area contributed by atoms with E-state index in [4.69, 9.17) is 4.74 Å². The summed E-state index contributed by atoms with van der Waals surface area (Å²) in [6, 6.07) is 6.66. The van der Waals surface area contributed by atoms with Gasteiger partial charge >= 0.3 is 6.18 Å². The van der Waals surface area contributed by atoms with Crippen molar-refractivity contribution >= 4 is 17.5 Å². The molecule has 3 rings (SSSR count). The number of carbonyl (C=O) groups is 2. The molecule has 0 aromatic heterocycles. The predicted octanol–water partition coefficient (Wildman–Crippen LogP) is 4.13. The molecule has 1 aliphatic rings. The van der Waals surface area contributed by atoms with Gasteiger partial charge in [0.05, 0.1) is 18.4 Å². The number of anilines is 1. The molecule has 0 aliphatic carbocycles. The number of methoxy groups -OCH3 is 1. The standard InChI is InChI=1S/C19H15F4NO3/c1-10-4-7-16(27-3)14(8-10)18(20)13-6-5-12(19(21,22)23)9-15(13)24(11(2)25)17(18)26/h4-9H,1-3H3. The Kier molecular flexibility index (Phi) is 4.25. The van der Waals surface area contributed by atoms with Gasteiger partial charge in [-0.25, -0.2) is 9.29 Å². The third-order valence-corrected chi connectivity index (χ3v) is 4.48. The molecule has 0 spiro atoms. The van der Waals surface area contributed by atoms with E-state index in [0.717, 1.165) is 13.0 Å². The molecule has 2 amide bonds. The summed E-state index contributed by atoms with van der Waals surface area (Å²) in [6.07, 6.45) is -4.71. The van der Waals surface area contributed by atoms with Crippen molar-refractivity contribution in [2.45, 2.75) is 25.7 Å². The fourth-order valence-electron chi connectivity index (χ4n) is 3.23. The Morgan fingerprint density at radius 1 is 1.11 bits per heavy atom. The topological polar surface area (TPSA) is 46.6 Å². The second-order valence-electron chi connectivity index (χ2n) is 6.25. The van der Waals surface area contributed by atoms with Crippen LogP contribution in [0.15, 0.2) is 36.4 Å². The van der Waals surface area contributed by atoms with E-state index in [1.54, 1.807) is 13.0 Å². The number of aryl methyl sites for hydroxylation is 1. The van der Waals surface area contributed by atoms with Crippen molar-refractivity contribution in [3.05, 3.63) is 58.7 Å². The van der Waals surface area contributed by atoms with Crippen molar-refractivity contribution in [2.24, 2.45) is 0 Å². The zero-order valence-electron chi connectivity index (χ0n) is 14.6. The Labute approximate surface area is 152 Å². The van der Waals surface area contributed by atoms with E-state index in [1.165, 1.54) is 19.2 Å². The Bertz CT molecular complexity index is 954. The fraction of sp³-hybridized carbons (Fsp3) is 0.263. The number of imide groups is 1. The largest absolute Gasteiger partial charge is 0.496 e. The fourth-order valence-corrected chi connectivity index (χ4v) is 3.23. The summed E-state index contributed by atoms with van der Waals surface area (Å²) in [6.45, 7) is 2.66. The van der Waals surface area contributed by atoms with Crippen molar-refractivity contribution in [3.8, 4) is 5.75 Å². The molecule has 1 heterocycles. The number of hydrogen-bond donors (Lipinski definition) is 0. The van der Waals surface area contributed by atoms with Gasteiger partial charge in [0.15, 0.2) is 0 Å². The Morgan fingerprint density at radius 2 is 1.78 bits per heavy atom. The van der Waals surface area contributed by atoms with E-state index in [-0.39, 0.29) is 16.9 Å². The lowest BCUT2D eigenvalue weighted by atomic mass is 9.87. The first kappa shape index (κ1) is 18.9. The third-order valence-electron chi connectivity index (χ3n) is 4.48. The molecule has 2 aromatic carbocycles. The molecule has 27 heavy (non-hydrogen) atoms. The van der Waals surface area contributed by atoms with Crippen LogP contribution in [0.2, 0.25) is 0 Å². The zero-order valence-corrected chi connectivity index (χ0v) is 14.6. The molecule has 0 saturated carbocycles. The summed E-state index contributed by atoms with van der Waals surface area (Å²) >= 11 is 0. The predicted molar refractivity (Wildman–Crippen MR) is 89.2 cm³/mol. The maximum atomic E-state index is 16.2. The van der Waals surface area contributed by atoms with Gasteiger partial charge in [0.25, 0.3) is 5.91 Å². The SMILES string of the molecule is COc1ccc(C)cc1C1(F)C(=O)N(C(C)=O)c2cc(C(F)(F)F)ccc21. The minimum Gasteiger partial charge on any atom is -0.496 e. The van der Waals surface area contributed by atoms with Crippen LogP contribution in [0.1, 0.15) is 29.2 Å². The highest BCUT2D eigenvalue weighted by atomic mass is 19.4. The normalized spacial score (nSPS) is 19.2. The molecule has 1 aliphatic heterocycles. The number of rotatable bonds is 2. The van der Waals surface area contributed by atoms with Gasteiger partial charge < -0.3 is 4.74 Å². The molecule has 1 unspecified atom stereocenters. The molecular weight excluding hydrogens is 366 g/mol. The van der Waals surface area contributed by atoms with Crippen LogP contribution in [0, 0.1) is 6.92 Å². The summed E-state index contributed by atoms with van der Waals surface area (Å²) in [7, 11) is 1.29. The quantitative estimate of drug-likeness (QED) is 0.735. The van der Waals surface area contributed by atoms with E-state index >= 15 is 4.39 Å². The third kappa shape index (κ3) is 2.75. The Hall–Kier alpha value is -2.90. The highest BCUT2D eigenvalue weighted by Gasteiger charge is 2.56. The van der Waals surface area contributed by atoms with Crippen LogP contribution >= 0.6 is 0 Å². The van der Waals surface area contributed by atoms with Gasteiger partial charge in [-0.2, -0.15) is 13.2 Å². The van der Waals surface area contributed by atoms with Crippen molar-refractivity contribution in [2.75, 3.05) is 12.0 Å². The van der Waals surface area contributed by atoms with E-state index < -0.39 is 34.9 Å². The molecular formula is C19H15F4NO3. The van der Waals surface area contributed by atoms with E-state index in [9.17, 15) is 22.8 Å². The molecule has 0 saturated heterocycles. The van der Waals surface area contributed by atoms with Crippen LogP contribution in [-0.4, -0.2) is 18.9 Å². The van der Waals surface area contributed by atoms with Crippen LogP contribution in [0.4, 0.5) is 23.2 Å². The lowest BCUT2D eigenvalue weighted by molar-refractivity contribution is -0.137. The molecule has 0 radical (unpaired) electrons. The summed E-state index contributed by atoms with van der Waals surface area (Å²) in [5.74, 6) is -2.10. The first-order valence-corrected chi connectivity index (χ1v) is 7.92. The molecule has 2 aromatic rings. The van der Waals surface area contributed by atoms with Gasteiger partial charge in [0.2, 0.25) is 11.6 Å². The van der Waals surface area contributed by atoms with E-state index in [0.29, 0.717) is 22.6 Å². The van der Waals surface area contributed by atoms with E-state index in [2.05, 4.69) is 0 Å². The molecule has 0 bridgehead atoms. The maximum absolute atomic E-state index is 16.2. The summed E-state index contributed by atoms with van der Waals surface area (Å²) in [5, 5.41) is 0. The lowest BCUT2D eigenvalue weighted by Crippen LogP contribution is -2.40. The number of alkyl halides is 4. The van der Waals surface area contributed by atoms with Gasteiger partial charge in [0, 0.05) is 18.1 Å². The molecule has 1 atom stereocenters. The lowest BCUT2D eigenvalue weighted by Gasteiger charge is -2.22. The average molecular weight is 381 g/mol. The summed E-state index contributed by atoms with van der Waals surface area (Å²) in [4.78, 5) is 25.2. The van der Waals surface area contributed by atoms with Crippen LogP contribution in [-0.2, 0) is 21.4 Å². The summed E-state index contributed by atoms with van der Waals surface area (Å²) in [5.41, 5.74) is -4.23. The zero-order chi connectivity index (χ0) is 20.1. The molecule has 4 nitrogen and oxygen atoms in total. The molecule has 8 heteroatoms. The highest BCUT2D eigenvalue weighted by Crippen LogP contribution is 2.51. The molecule has 0 N–H and O–H groups in total. The summed E-state index contributed by atoms with van der Waals surface area (Å²) < 4.78 is 60.5. The maximum Gasteiger partial charge on any atom is 0.416 e. The second-order valence-corrected chi connectivity index (χ2v) is 6.25. The van der Waals surface area contributed by atoms with Gasteiger partial charge in [-0.15, -0.1) is 0 Å². The van der Waals surface area contributed by atoms with Gasteiger partial charge in [0.1, 0.15) is 5.75 Å². The first-order valence-electron chi connectivity index (χ1n) is 7.92. The average Bonchev–Trinajstić information content (AvgIpc) is 2.82. The number of fused-ring (bicyclic) bond motifs is 1. The number of nitrogens with zero attached hydrogens (tertiary/aromatic N) is 1. The highest BCUT2D eigenvalue weighted by molar-refractivity contribution is 6.23. The van der Waals surface area contributed by atoms with Gasteiger partial charge in [-0.05, 0) is 31.2 Å². The van der Waals surface area contributed by atoms with Gasteiger partial charge in [-0.1, -0.05) is 17.7 Å². The molecule has 0 fully saturated rings. The first-order chi connectivity index (χ1) is 12.5. The van der Waals surface area contributed by atoms with Crippen LogP contribution in [0.5, 0.6) is 5.75 Å².